The average molecular weight is 357 g/mol. The molecule has 0 amide bonds. The molecular formula is C18H27N7O. The first-order valence-electron chi connectivity index (χ1n) is 9.52. The maximum Gasteiger partial charge on any atom is 0.151 e. The fraction of sp³-hybridized carbons (Fsp3) is 0.667. The van der Waals surface area contributed by atoms with Gasteiger partial charge in [0.25, 0.3) is 0 Å². The van der Waals surface area contributed by atoms with Crippen LogP contribution in [0.4, 0.5) is 5.82 Å². The summed E-state index contributed by atoms with van der Waals surface area (Å²) >= 11 is 0. The minimum atomic E-state index is -0.138. The van der Waals surface area contributed by atoms with E-state index in [1.807, 2.05) is 12.1 Å². The Hall–Kier alpha value is -2.06. The van der Waals surface area contributed by atoms with Crippen molar-refractivity contribution in [3.63, 3.8) is 0 Å². The van der Waals surface area contributed by atoms with E-state index in [1.54, 1.807) is 6.20 Å². The lowest BCUT2D eigenvalue weighted by atomic mass is 9.96. The van der Waals surface area contributed by atoms with Crippen molar-refractivity contribution in [3.8, 4) is 0 Å². The monoisotopic (exact) mass is 357 g/mol. The summed E-state index contributed by atoms with van der Waals surface area (Å²) in [7, 11) is 2.08. The number of aromatic nitrogens is 5. The first-order chi connectivity index (χ1) is 12.7. The number of aliphatic hydroxyl groups excluding tert-OH is 1. The second-order valence-corrected chi connectivity index (χ2v) is 7.38. The van der Waals surface area contributed by atoms with Crippen molar-refractivity contribution in [2.45, 2.75) is 44.2 Å². The molecule has 2 aliphatic heterocycles. The van der Waals surface area contributed by atoms with Crippen molar-refractivity contribution < 1.29 is 5.11 Å². The molecule has 2 aromatic rings. The summed E-state index contributed by atoms with van der Waals surface area (Å²) in [5.74, 6) is 3.51. The second-order valence-electron chi connectivity index (χ2n) is 7.38. The van der Waals surface area contributed by atoms with E-state index in [0.29, 0.717) is 5.92 Å². The smallest absolute Gasteiger partial charge is 0.151 e. The molecule has 8 heteroatoms. The molecule has 2 aliphatic rings. The van der Waals surface area contributed by atoms with Crippen molar-refractivity contribution in [3.05, 3.63) is 30.0 Å². The zero-order chi connectivity index (χ0) is 17.9. The Kier molecular flexibility index (Phi) is 5.12. The summed E-state index contributed by atoms with van der Waals surface area (Å²) in [6.45, 7) is 4.61. The van der Waals surface area contributed by atoms with Crippen LogP contribution in [0, 0.1) is 0 Å². The molecule has 140 valence electrons. The van der Waals surface area contributed by atoms with Crippen LogP contribution in [0.1, 0.15) is 43.3 Å². The Morgan fingerprint density at radius 3 is 2.50 bits per heavy atom. The number of piperidine rings is 2. The van der Waals surface area contributed by atoms with Crippen LogP contribution in [0.5, 0.6) is 0 Å². The van der Waals surface area contributed by atoms with Gasteiger partial charge >= 0.3 is 0 Å². The van der Waals surface area contributed by atoms with Gasteiger partial charge in [-0.3, -0.25) is 4.90 Å². The molecule has 2 saturated heterocycles. The SMILES string of the molecule is Cn1c(CN2CCC(O)CC2)nnc1C1CCN(c2cccnn2)CC1. The van der Waals surface area contributed by atoms with Gasteiger partial charge in [0.05, 0.1) is 12.6 Å². The third-order valence-electron chi connectivity index (χ3n) is 5.66. The largest absolute Gasteiger partial charge is 0.393 e. The summed E-state index contributed by atoms with van der Waals surface area (Å²) in [5, 5.41) is 26.8. The summed E-state index contributed by atoms with van der Waals surface area (Å²) in [4.78, 5) is 4.65. The lowest BCUT2D eigenvalue weighted by Gasteiger charge is -2.32. The molecule has 0 unspecified atom stereocenters. The van der Waals surface area contributed by atoms with Gasteiger partial charge in [-0.25, -0.2) is 0 Å². The van der Waals surface area contributed by atoms with Gasteiger partial charge in [0.15, 0.2) is 5.82 Å². The molecule has 2 aromatic heterocycles. The van der Waals surface area contributed by atoms with Gasteiger partial charge in [-0.15, -0.1) is 15.3 Å². The molecule has 0 bridgehead atoms. The van der Waals surface area contributed by atoms with Crippen LogP contribution < -0.4 is 4.90 Å². The molecule has 2 fully saturated rings. The molecule has 0 atom stereocenters. The topological polar surface area (TPSA) is 83.2 Å². The van der Waals surface area contributed by atoms with Crippen molar-refractivity contribution in [2.75, 3.05) is 31.1 Å². The number of likely N-dealkylation sites (tertiary alicyclic amines) is 1. The van der Waals surface area contributed by atoms with E-state index in [9.17, 15) is 5.11 Å². The first-order valence-corrected chi connectivity index (χ1v) is 9.52. The van der Waals surface area contributed by atoms with E-state index in [0.717, 1.165) is 75.9 Å². The summed E-state index contributed by atoms with van der Waals surface area (Å²) in [6.07, 6.45) is 5.38. The van der Waals surface area contributed by atoms with Crippen LogP contribution in [-0.2, 0) is 13.6 Å². The summed E-state index contributed by atoms with van der Waals surface area (Å²) in [5.41, 5.74) is 0. The minimum Gasteiger partial charge on any atom is -0.393 e. The van der Waals surface area contributed by atoms with Crippen LogP contribution in [-0.4, -0.2) is 67.3 Å². The Balaban J connectivity index is 1.36. The average Bonchev–Trinajstić information content (AvgIpc) is 3.05. The maximum absolute atomic E-state index is 9.65. The quantitative estimate of drug-likeness (QED) is 0.872. The van der Waals surface area contributed by atoms with Gasteiger partial charge in [-0.1, -0.05) is 0 Å². The molecule has 0 aromatic carbocycles. The number of nitrogens with zero attached hydrogens (tertiary/aromatic N) is 7. The Labute approximate surface area is 153 Å². The van der Waals surface area contributed by atoms with E-state index < -0.39 is 0 Å². The highest BCUT2D eigenvalue weighted by Crippen LogP contribution is 2.28. The predicted molar refractivity (Wildman–Crippen MR) is 97.7 cm³/mol. The lowest BCUT2D eigenvalue weighted by Crippen LogP contribution is -2.36. The van der Waals surface area contributed by atoms with Crippen LogP contribution in [0.3, 0.4) is 0 Å². The van der Waals surface area contributed by atoms with Gasteiger partial charge < -0.3 is 14.6 Å². The third kappa shape index (κ3) is 3.71. The highest BCUT2D eigenvalue weighted by molar-refractivity contribution is 5.37. The van der Waals surface area contributed by atoms with Crippen LogP contribution in [0.2, 0.25) is 0 Å². The minimum absolute atomic E-state index is 0.138. The van der Waals surface area contributed by atoms with E-state index in [2.05, 4.69) is 41.8 Å². The van der Waals surface area contributed by atoms with Crippen molar-refractivity contribution in [1.29, 1.82) is 0 Å². The number of rotatable bonds is 4. The fourth-order valence-corrected chi connectivity index (χ4v) is 3.97. The number of hydrogen-bond acceptors (Lipinski definition) is 7. The lowest BCUT2D eigenvalue weighted by molar-refractivity contribution is 0.0775. The zero-order valence-electron chi connectivity index (χ0n) is 15.3. The number of anilines is 1. The maximum atomic E-state index is 9.65. The molecule has 4 heterocycles. The zero-order valence-corrected chi connectivity index (χ0v) is 15.3. The molecule has 0 aliphatic carbocycles. The summed E-state index contributed by atoms with van der Waals surface area (Å²) in [6, 6.07) is 3.95. The standard InChI is InChI=1S/C18H27N7O/c1-23-17(13-24-9-6-15(26)7-10-24)21-22-18(23)14-4-11-25(12-5-14)16-3-2-8-19-20-16/h2-3,8,14-15,26H,4-7,9-13H2,1H3. The first kappa shape index (κ1) is 17.4. The van der Waals surface area contributed by atoms with Crippen LogP contribution in [0.25, 0.3) is 0 Å². The predicted octanol–water partition coefficient (Wildman–Crippen LogP) is 0.946. The number of aliphatic hydroxyl groups is 1. The highest BCUT2D eigenvalue weighted by atomic mass is 16.3. The molecule has 4 rings (SSSR count). The van der Waals surface area contributed by atoms with Crippen molar-refractivity contribution >= 4 is 5.82 Å². The van der Waals surface area contributed by atoms with Gasteiger partial charge in [0.1, 0.15) is 11.6 Å². The third-order valence-corrected chi connectivity index (χ3v) is 5.66. The van der Waals surface area contributed by atoms with E-state index in [1.165, 1.54) is 0 Å². The fourth-order valence-electron chi connectivity index (χ4n) is 3.97. The van der Waals surface area contributed by atoms with Crippen LogP contribution >= 0.6 is 0 Å². The Morgan fingerprint density at radius 2 is 1.81 bits per heavy atom. The van der Waals surface area contributed by atoms with E-state index in [-0.39, 0.29) is 6.10 Å². The Morgan fingerprint density at radius 1 is 1.04 bits per heavy atom. The molecular weight excluding hydrogens is 330 g/mol. The van der Waals surface area contributed by atoms with Gasteiger partial charge in [-0.2, -0.15) is 5.10 Å². The van der Waals surface area contributed by atoms with Gasteiger partial charge in [-0.05, 0) is 37.8 Å². The molecule has 0 radical (unpaired) electrons. The van der Waals surface area contributed by atoms with E-state index >= 15 is 0 Å². The normalized spacial score (nSPS) is 20.6. The molecule has 0 spiro atoms. The van der Waals surface area contributed by atoms with Crippen LogP contribution in [0.15, 0.2) is 18.3 Å². The Bertz CT molecular complexity index is 704. The van der Waals surface area contributed by atoms with Gasteiger partial charge in [0, 0.05) is 45.3 Å². The summed E-state index contributed by atoms with van der Waals surface area (Å²) < 4.78 is 2.17. The second kappa shape index (κ2) is 7.67. The molecule has 0 saturated carbocycles. The molecule has 26 heavy (non-hydrogen) atoms. The molecule has 8 nitrogen and oxygen atoms in total. The van der Waals surface area contributed by atoms with E-state index in [4.69, 9.17) is 0 Å². The van der Waals surface area contributed by atoms with Gasteiger partial charge in [0.2, 0.25) is 0 Å². The molecule has 1 N–H and O–H groups in total. The number of hydrogen-bond donors (Lipinski definition) is 1. The van der Waals surface area contributed by atoms with Crippen molar-refractivity contribution in [2.24, 2.45) is 7.05 Å². The highest BCUT2D eigenvalue weighted by Gasteiger charge is 2.26. The van der Waals surface area contributed by atoms with Crippen molar-refractivity contribution in [1.82, 2.24) is 29.9 Å².